The molecule has 5 heteroatoms. The van der Waals surface area contributed by atoms with Crippen LogP contribution in [0.2, 0.25) is 0 Å². The summed E-state index contributed by atoms with van der Waals surface area (Å²) in [5, 5.41) is 3.04. The van der Waals surface area contributed by atoms with Gasteiger partial charge in [0.15, 0.2) is 0 Å². The fourth-order valence-electron chi connectivity index (χ4n) is 3.80. The van der Waals surface area contributed by atoms with Crippen molar-refractivity contribution in [2.24, 2.45) is 0 Å². The number of piperazine rings is 1. The maximum Gasteiger partial charge on any atom is 0.238 e. The lowest BCUT2D eigenvalue weighted by Gasteiger charge is -2.34. The molecule has 0 spiro atoms. The third kappa shape index (κ3) is 6.16. The van der Waals surface area contributed by atoms with Crippen LogP contribution in [-0.2, 0) is 16.0 Å². The summed E-state index contributed by atoms with van der Waals surface area (Å²) in [6, 6.07) is 16.3. The Morgan fingerprint density at radius 3 is 2.21 bits per heavy atom. The van der Waals surface area contributed by atoms with Crippen LogP contribution in [0, 0.1) is 13.8 Å². The summed E-state index contributed by atoms with van der Waals surface area (Å²) in [5.74, 6) is 0.227. The molecule has 1 fully saturated rings. The third-order valence-electron chi connectivity index (χ3n) is 5.54. The fraction of sp³-hybridized carbons (Fsp3) is 0.417. The average molecular weight is 394 g/mol. The molecule has 1 N–H and O–H groups in total. The number of anilines is 1. The van der Waals surface area contributed by atoms with E-state index in [1.807, 2.05) is 55.1 Å². The van der Waals surface area contributed by atoms with E-state index in [1.54, 1.807) is 0 Å². The number of aryl methyl sites for hydroxylation is 3. The van der Waals surface area contributed by atoms with Gasteiger partial charge in [-0.15, -0.1) is 0 Å². The van der Waals surface area contributed by atoms with Gasteiger partial charge in [0.1, 0.15) is 0 Å². The van der Waals surface area contributed by atoms with E-state index in [2.05, 4.69) is 22.3 Å². The van der Waals surface area contributed by atoms with Crippen LogP contribution in [0.25, 0.3) is 0 Å². The van der Waals surface area contributed by atoms with Crippen molar-refractivity contribution in [2.45, 2.75) is 33.1 Å². The predicted molar refractivity (Wildman–Crippen MR) is 117 cm³/mol. The van der Waals surface area contributed by atoms with Gasteiger partial charge in [0.2, 0.25) is 11.8 Å². The van der Waals surface area contributed by atoms with Crippen LogP contribution < -0.4 is 5.32 Å². The number of carbonyl (C=O) groups is 2. The maximum absolute atomic E-state index is 12.5. The molecule has 29 heavy (non-hydrogen) atoms. The molecule has 0 unspecified atom stereocenters. The van der Waals surface area contributed by atoms with Gasteiger partial charge in [-0.2, -0.15) is 0 Å². The molecule has 2 aromatic carbocycles. The first-order chi connectivity index (χ1) is 14.0. The lowest BCUT2D eigenvalue weighted by Crippen LogP contribution is -2.50. The third-order valence-corrected chi connectivity index (χ3v) is 5.54. The molecule has 0 saturated carbocycles. The standard InChI is InChI=1S/C24H31N3O2/c1-19-8-6-9-20(2)24(19)25-22(28)18-26-14-16-27(17-15-26)23(29)13-7-12-21-10-4-3-5-11-21/h3-6,8-11H,7,12-18H2,1-2H3,(H,25,28). The zero-order valence-corrected chi connectivity index (χ0v) is 17.5. The Bertz CT molecular complexity index is 807. The number of hydrogen-bond donors (Lipinski definition) is 1. The van der Waals surface area contributed by atoms with E-state index in [4.69, 9.17) is 0 Å². The Morgan fingerprint density at radius 2 is 1.55 bits per heavy atom. The summed E-state index contributed by atoms with van der Waals surface area (Å²) in [5.41, 5.74) is 4.33. The van der Waals surface area contributed by atoms with Gasteiger partial charge in [-0.1, -0.05) is 48.5 Å². The summed E-state index contributed by atoms with van der Waals surface area (Å²) in [6.45, 7) is 7.25. The molecule has 0 aliphatic carbocycles. The van der Waals surface area contributed by atoms with E-state index in [1.165, 1.54) is 5.56 Å². The Kier molecular flexibility index (Phi) is 7.42. The summed E-state index contributed by atoms with van der Waals surface area (Å²) < 4.78 is 0. The monoisotopic (exact) mass is 393 g/mol. The topological polar surface area (TPSA) is 52.7 Å². The molecule has 2 amide bonds. The number of rotatable bonds is 7. The van der Waals surface area contributed by atoms with Crippen LogP contribution >= 0.6 is 0 Å². The lowest BCUT2D eigenvalue weighted by molar-refractivity contribution is -0.133. The van der Waals surface area contributed by atoms with Crippen LogP contribution in [0.4, 0.5) is 5.69 Å². The van der Waals surface area contributed by atoms with Crippen molar-refractivity contribution in [2.75, 3.05) is 38.0 Å². The highest BCUT2D eigenvalue weighted by atomic mass is 16.2. The second-order valence-corrected chi connectivity index (χ2v) is 7.81. The minimum atomic E-state index is 0.00466. The Labute approximate surface area is 173 Å². The van der Waals surface area contributed by atoms with Gasteiger partial charge < -0.3 is 10.2 Å². The van der Waals surface area contributed by atoms with Crippen molar-refractivity contribution in [1.29, 1.82) is 0 Å². The second kappa shape index (κ2) is 10.2. The summed E-state index contributed by atoms with van der Waals surface area (Å²) in [4.78, 5) is 29.0. The van der Waals surface area contributed by atoms with Crippen molar-refractivity contribution in [3.8, 4) is 0 Å². The Morgan fingerprint density at radius 1 is 0.897 bits per heavy atom. The molecule has 5 nitrogen and oxygen atoms in total. The van der Waals surface area contributed by atoms with Gasteiger partial charge in [-0.3, -0.25) is 14.5 Å². The Hall–Kier alpha value is -2.66. The molecule has 1 heterocycles. The number of carbonyl (C=O) groups excluding carboxylic acids is 2. The molecule has 154 valence electrons. The van der Waals surface area contributed by atoms with Gasteiger partial charge in [0.25, 0.3) is 0 Å². The summed E-state index contributed by atoms with van der Waals surface area (Å²) in [7, 11) is 0. The minimum absolute atomic E-state index is 0.00466. The van der Waals surface area contributed by atoms with Crippen molar-refractivity contribution in [1.82, 2.24) is 9.80 Å². The number of para-hydroxylation sites is 1. The summed E-state index contributed by atoms with van der Waals surface area (Å²) in [6.07, 6.45) is 2.40. The highest BCUT2D eigenvalue weighted by Gasteiger charge is 2.22. The average Bonchev–Trinajstić information content (AvgIpc) is 2.72. The van der Waals surface area contributed by atoms with E-state index in [0.717, 1.165) is 42.7 Å². The zero-order valence-electron chi connectivity index (χ0n) is 17.5. The second-order valence-electron chi connectivity index (χ2n) is 7.81. The quantitative estimate of drug-likeness (QED) is 0.784. The van der Waals surface area contributed by atoms with Crippen molar-refractivity contribution in [3.63, 3.8) is 0 Å². The molecule has 0 aromatic heterocycles. The largest absolute Gasteiger partial charge is 0.340 e. The van der Waals surface area contributed by atoms with Gasteiger partial charge in [0, 0.05) is 38.3 Å². The molecule has 0 bridgehead atoms. The number of nitrogens with one attached hydrogen (secondary N) is 1. The normalized spacial score (nSPS) is 14.6. The van der Waals surface area contributed by atoms with E-state index < -0.39 is 0 Å². The van der Waals surface area contributed by atoms with Gasteiger partial charge >= 0.3 is 0 Å². The van der Waals surface area contributed by atoms with Crippen molar-refractivity contribution in [3.05, 3.63) is 65.2 Å². The van der Waals surface area contributed by atoms with Crippen LogP contribution in [0.1, 0.15) is 29.5 Å². The molecule has 1 saturated heterocycles. The molecule has 0 radical (unpaired) electrons. The highest BCUT2D eigenvalue weighted by molar-refractivity contribution is 5.93. The fourth-order valence-corrected chi connectivity index (χ4v) is 3.80. The first-order valence-electron chi connectivity index (χ1n) is 10.4. The van der Waals surface area contributed by atoms with Crippen LogP contribution in [0.15, 0.2) is 48.5 Å². The lowest BCUT2D eigenvalue weighted by atomic mass is 10.1. The van der Waals surface area contributed by atoms with E-state index in [-0.39, 0.29) is 11.8 Å². The molecule has 3 rings (SSSR count). The van der Waals surface area contributed by atoms with Gasteiger partial charge in [-0.05, 0) is 43.4 Å². The van der Waals surface area contributed by atoms with Crippen molar-refractivity contribution >= 4 is 17.5 Å². The SMILES string of the molecule is Cc1cccc(C)c1NC(=O)CN1CCN(C(=O)CCCc2ccccc2)CC1. The number of nitrogens with zero attached hydrogens (tertiary/aromatic N) is 2. The zero-order chi connectivity index (χ0) is 20.6. The van der Waals surface area contributed by atoms with Gasteiger partial charge in [0.05, 0.1) is 6.54 Å². The first-order valence-corrected chi connectivity index (χ1v) is 10.4. The van der Waals surface area contributed by atoms with E-state index >= 15 is 0 Å². The summed E-state index contributed by atoms with van der Waals surface area (Å²) >= 11 is 0. The maximum atomic E-state index is 12.5. The van der Waals surface area contributed by atoms with Gasteiger partial charge in [-0.25, -0.2) is 0 Å². The van der Waals surface area contributed by atoms with E-state index in [9.17, 15) is 9.59 Å². The van der Waals surface area contributed by atoms with Crippen LogP contribution in [0.3, 0.4) is 0 Å². The molecule has 1 aliphatic heterocycles. The van der Waals surface area contributed by atoms with Crippen LogP contribution in [0.5, 0.6) is 0 Å². The van der Waals surface area contributed by atoms with Crippen molar-refractivity contribution < 1.29 is 9.59 Å². The van der Waals surface area contributed by atoms with Crippen LogP contribution in [-0.4, -0.2) is 54.3 Å². The molecular formula is C24H31N3O2. The highest BCUT2D eigenvalue weighted by Crippen LogP contribution is 2.19. The number of hydrogen-bond acceptors (Lipinski definition) is 3. The Balaban J connectivity index is 1.38. The number of amides is 2. The van der Waals surface area contributed by atoms with E-state index in [0.29, 0.717) is 26.1 Å². The minimum Gasteiger partial charge on any atom is -0.340 e. The smallest absolute Gasteiger partial charge is 0.238 e. The predicted octanol–water partition coefficient (Wildman–Crippen LogP) is 3.41. The molecular weight excluding hydrogens is 362 g/mol. The first kappa shape index (κ1) is 21.1. The number of benzene rings is 2. The molecule has 0 atom stereocenters. The molecule has 1 aliphatic rings. The molecule has 2 aromatic rings.